The number of benzene rings is 2. The quantitative estimate of drug-likeness (QED) is 0.291. The number of hydrogen-bond donors (Lipinski definition) is 2. The molecule has 2 aromatic carbocycles. The van der Waals surface area contributed by atoms with Gasteiger partial charge in [-0.15, -0.1) is 24.0 Å². The number of piperidine rings is 1. The molecule has 0 spiro atoms. The van der Waals surface area contributed by atoms with Crippen molar-refractivity contribution in [2.24, 2.45) is 4.99 Å². The second-order valence-electron chi connectivity index (χ2n) is 7.51. The minimum absolute atomic E-state index is 0. The van der Waals surface area contributed by atoms with E-state index in [4.69, 9.17) is 11.6 Å². The van der Waals surface area contributed by atoms with E-state index in [2.05, 4.69) is 15.6 Å². The minimum Gasteiger partial charge on any atom is -0.357 e. The van der Waals surface area contributed by atoms with Crippen LogP contribution in [0.2, 0.25) is 5.02 Å². The van der Waals surface area contributed by atoms with Crippen molar-refractivity contribution in [1.29, 1.82) is 0 Å². The lowest BCUT2D eigenvalue weighted by molar-refractivity contribution is 0.0724. The second-order valence-corrected chi connectivity index (χ2v) is 7.92. The topological polar surface area (TPSA) is 56.7 Å². The maximum atomic E-state index is 12.6. The van der Waals surface area contributed by atoms with E-state index in [0.717, 1.165) is 73.1 Å². The van der Waals surface area contributed by atoms with Gasteiger partial charge in [0.25, 0.3) is 5.91 Å². The molecular weight excluding hydrogens is 523 g/mol. The molecular formula is C24H32ClIN4O. The van der Waals surface area contributed by atoms with E-state index in [9.17, 15) is 4.79 Å². The van der Waals surface area contributed by atoms with Crippen LogP contribution in [0.25, 0.3) is 0 Å². The molecule has 1 fully saturated rings. The smallest absolute Gasteiger partial charge is 0.253 e. The van der Waals surface area contributed by atoms with Gasteiger partial charge in [0, 0.05) is 36.8 Å². The van der Waals surface area contributed by atoms with E-state index in [1.165, 1.54) is 6.42 Å². The Balaban J connectivity index is 0.00000341. The highest BCUT2D eigenvalue weighted by atomic mass is 127. The van der Waals surface area contributed by atoms with Crippen LogP contribution in [0, 0.1) is 0 Å². The summed E-state index contributed by atoms with van der Waals surface area (Å²) in [5.41, 5.74) is 2.96. The first-order valence-corrected chi connectivity index (χ1v) is 11.2. The summed E-state index contributed by atoms with van der Waals surface area (Å²) in [5, 5.41) is 7.42. The highest BCUT2D eigenvalue weighted by Gasteiger charge is 2.17. The lowest BCUT2D eigenvalue weighted by Gasteiger charge is -2.26. The van der Waals surface area contributed by atoms with Crippen LogP contribution in [0.1, 0.15) is 47.7 Å². The van der Waals surface area contributed by atoms with Crippen molar-refractivity contribution in [1.82, 2.24) is 15.5 Å². The highest BCUT2D eigenvalue weighted by molar-refractivity contribution is 14.0. The SMILES string of the molecule is CCNC(=NCc1ccc(C(=O)N2CCCCC2)cc1)NCCc1ccccc1Cl.I. The maximum absolute atomic E-state index is 12.6. The molecule has 0 bridgehead atoms. The molecule has 0 aliphatic carbocycles. The second kappa shape index (κ2) is 13.6. The molecule has 0 aromatic heterocycles. The zero-order valence-electron chi connectivity index (χ0n) is 18.1. The summed E-state index contributed by atoms with van der Waals surface area (Å²) in [6, 6.07) is 15.7. The largest absolute Gasteiger partial charge is 0.357 e. The number of halogens is 2. The number of hydrogen-bond acceptors (Lipinski definition) is 2. The number of nitrogens with zero attached hydrogens (tertiary/aromatic N) is 2. The van der Waals surface area contributed by atoms with Gasteiger partial charge in [-0.2, -0.15) is 0 Å². The third kappa shape index (κ3) is 8.00. The lowest BCUT2D eigenvalue weighted by atomic mass is 10.1. The zero-order valence-corrected chi connectivity index (χ0v) is 21.2. The Hall–Kier alpha value is -1.80. The van der Waals surface area contributed by atoms with Crippen molar-refractivity contribution in [3.63, 3.8) is 0 Å². The van der Waals surface area contributed by atoms with Crippen molar-refractivity contribution < 1.29 is 4.79 Å². The van der Waals surface area contributed by atoms with Crippen LogP contribution in [0.15, 0.2) is 53.5 Å². The molecule has 1 amide bonds. The van der Waals surface area contributed by atoms with Crippen LogP contribution in [-0.2, 0) is 13.0 Å². The van der Waals surface area contributed by atoms with E-state index in [1.54, 1.807) is 0 Å². The fourth-order valence-electron chi connectivity index (χ4n) is 3.56. The average Bonchev–Trinajstić information content (AvgIpc) is 2.79. The molecule has 0 saturated carbocycles. The van der Waals surface area contributed by atoms with Gasteiger partial charge in [-0.25, -0.2) is 4.99 Å². The van der Waals surface area contributed by atoms with Gasteiger partial charge in [-0.1, -0.05) is 41.9 Å². The standard InChI is InChI=1S/C24H31ClN4O.HI/c1-2-26-24(27-15-14-20-8-4-5-9-22(20)25)28-18-19-10-12-21(13-11-19)23(30)29-16-6-3-7-17-29;/h4-5,8-13H,2-3,6-7,14-18H2,1H3,(H2,26,27,28);1H. The molecule has 31 heavy (non-hydrogen) atoms. The highest BCUT2D eigenvalue weighted by Crippen LogP contribution is 2.15. The maximum Gasteiger partial charge on any atom is 0.253 e. The molecule has 0 radical (unpaired) electrons. The van der Waals surface area contributed by atoms with E-state index in [-0.39, 0.29) is 29.9 Å². The fraction of sp³-hybridized carbons (Fsp3) is 0.417. The molecule has 2 N–H and O–H groups in total. The summed E-state index contributed by atoms with van der Waals surface area (Å²) in [7, 11) is 0. The van der Waals surface area contributed by atoms with Crippen molar-refractivity contribution in [3.05, 3.63) is 70.2 Å². The van der Waals surface area contributed by atoms with Crippen LogP contribution in [0.5, 0.6) is 0 Å². The number of amides is 1. The molecule has 1 heterocycles. The molecule has 0 unspecified atom stereocenters. The fourth-order valence-corrected chi connectivity index (χ4v) is 3.79. The molecule has 1 aliphatic rings. The third-order valence-electron chi connectivity index (χ3n) is 5.25. The number of rotatable bonds is 7. The van der Waals surface area contributed by atoms with Crippen molar-refractivity contribution in [2.45, 2.75) is 39.2 Å². The number of guanidine groups is 1. The van der Waals surface area contributed by atoms with Crippen molar-refractivity contribution >= 4 is 47.4 Å². The first kappa shape index (κ1) is 25.5. The Kier molecular flexibility index (Phi) is 11.2. The van der Waals surface area contributed by atoms with Gasteiger partial charge in [0.1, 0.15) is 0 Å². The van der Waals surface area contributed by atoms with Gasteiger partial charge in [0.2, 0.25) is 0 Å². The summed E-state index contributed by atoms with van der Waals surface area (Å²) < 4.78 is 0. The zero-order chi connectivity index (χ0) is 21.2. The Bertz CT molecular complexity index is 851. The monoisotopic (exact) mass is 554 g/mol. The van der Waals surface area contributed by atoms with Gasteiger partial charge in [0.15, 0.2) is 5.96 Å². The van der Waals surface area contributed by atoms with Gasteiger partial charge >= 0.3 is 0 Å². The summed E-state index contributed by atoms with van der Waals surface area (Å²) >= 11 is 6.23. The minimum atomic E-state index is 0. The molecule has 1 saturated heterocycles. The van der Waals surface area contributed by atoms with Crippen LogP contribution in [-0.4, -0.2) is 42.9 Å². The first-order valence-electron chi connectivity index (χ1n) is 10.8. The average molecular weight is 555 g/mol. The van der Waals surface area contributed by atoms with Crippen LogP contribution < -0.4 is 10.6 Å². The lowest BCUT2D eigenvalue weighted by Crippen LogP contribution is -2.38. The summed E-state index contributed by atoms with van der Waals surface area (Å²) in [6.07, 6.45) is 4.27. The molecule has 3 rings (SSSR count). The van der Waals surface area contributed by atoms with Crippen molar-refractivity contribution in [2.75, 3.05) is 26.2 Å². The van der Waals surface area contributed by atoms with Gasteiger partial charge in [0.05, 0.1) is 6.54 Å². The normalized spacial score (nSPS) is 14.0. The Morgan fingerprint density at radius 3 is 2.42 bits per heavy atom. The van der Waals surface area contributed by atoms with Crippen molar-refractivity contribution in [3.8, 4) is 0 Å². The number of aliphatic imine (C=N–C) groups is 1. The van der Waals surface area contributed by atoms with Gasteiger partial charge in [-0.05, 0) is 61.9 Å². The molecule has 7 heteroatoms. The molecule has 0 atom stereocenters. The van der Waals surface area contributed by atoms with E-state index < -0.39 is 0 Å². The van der Waals surface area contributed by atoms with E-state index >= 15 is 0 Å². The van der Waals surface area contributed by atoms with Crippen LogP contribution in [0.4, 0.5) is 0 Å². The predicted octanol–water partition coefficient (Wildman–Crippen LogP) is 4.88. The summed E-state index contributed by atoms with van der Waals surface area (Å²) in [5.74, 6) is 0.914. The number of carbonyl (C=O) groups is 1. The number of nitrogens with one attached hydrogen (secondary N) is 2. The van der Waals surface area contributed by atoms with Gasteiger partial charge in [-0.3, -0.25) is 4.79 Å². The van der Waals surface area contributed by atoms with E-state index in [1.807, 2.05) is 60.4 Å². The Morgan fingerprint density at radius 1 is 1.03 bits per heavy atom. The Labute approximate surface area is 207 Å². The Morgan fingerprint density at radius 2 is 1.74 bits per heavy atom. The molecule has 5 nitrogen and oxygen atoms in total. The third-order valence-corrected chi connectivity index (χ3v) is 5.62. The van der Waals surface area contributed by atoms with Crippen LogP contribution >= 0.6 is 35.6 Å². The molecule has 168 valence electrons. The number of carbonyl (C=O) groups excluding carboxylic acids is 1. The first-order chi connectivity index (χ1) is 14.7. The summed E-state index contributed by atoms with van der Waals surface area (Å²) in [4.78, 5) is 19.2. The van der Waals surface area contributed by atoms with Gasteiger partial charge < -0.3 is 15.5 Å². The molecule has 1 aliphatic heterocycles. The predicted molar refractivity (Wildman–Crippen MR) is 140 cm³/mol. The van der Waals surface area contributed by atoms with Crippen LogP contribution in [0.3, 0.4) is 0 Å². The number of likely N-dealkylation sites (tertiary alicyclic amines) is 1. The van der Waals surface area contributed by atoms with E-state index in [0.29, 0.717) is 6.54 Å². The molecule has 2 aromatic rings. The summed E-state index contributed by atoms with van der Waals surface area (Å²) in [6.45, 7) is 5.89.